The molecule has 0 saturated carbocycles. The number of benzene rings is 1. The molecule has 0 bridgehead atoms. The average Bonchev–Trinajstić information content (AvgIpc) is 2.19. The first kappa shape index (κ1) is 9.52. The molecule has 1 radical (unpaired) electrons. The summed E-state index contributed by atoms with van der Waals surface area (Å²) in [5, 5.41) is 0. The van der Waals surface area contributed by atoms with Crippen molar-refractivity contribution in [3.05, 3.63) is 41.7 Å². The van der Waals surface area contributed by atoms with Gasteiger partial charge in [-0.3, -0.25) is 4.79 Å². The molecular formula is C11H11O2. The molecule has 0 N–H and O–H groups in total. The predicted octanol–water partition coefficient (Wildman–Crippen LogP) is 2.17. The van der Waals surface area contributed by atoms with Gasteiger partial charge in [-0.1, -0.05) is 30.3 Å². The van der Waals surface area contributed by atoms with Gasteiger partial charge in [0, 0.05) is 0 Å². The van der Waals surface area contributed by atoms with Gasteiger partial charge in [-0.25, -0.2) is 0 Å². The Labute approximate surface area is 77.8 Å². The third-order valence-corrected chi connectivity index (χ3v) is 1.50. The molecule has 0 aliphatic carbocycles. The van der Waals surface area contributed by atoms with E-state index in [9.17, 15) is 4.79 Å². The zero-order chi connectivity index (χ0) is 9.52. The van der Waals surface area contributed by atoms with Crippen molar-refractivity contribution >= 4 is 12.4 Å². The van der Waals surface area contributed by atoms with Crippen LogP contribution >= 0.6 is 0 Å². The summed E-state index contributed by atoms with van der Waals surface area (Å²) in [6.45, 7) is 2.31. The van der Waals surface area contributed by atoms with E-state index < -0.39 is 0 Å². The van der Waals surface area contributed by atoms with Crippen molar-refractivity contribution in [3.63, 3.8) is 0 Å². The maximum absolute atomic E-state index is 10.4. The van der Waals surface area contributed by atoms with E-state index in [0.717, 1.165) is 5.56 Å². The fraction of sp³-hybridized carbons (Fsp3) is 0.182. The lowest BCUT2D eigenvalue weighted by Gasteiger charge is -1.99. The fourth-order valence-electron chi connectivity index (χ4n) is 0.957. The van der Waals surface area contributed by atoms with Crippen LogP contribution in [-0.2, 0) is 9.53 Å². The molecule has 0 heterocycles. The summed E-state index contributed by atoms with van der Waals surface area (Å²) in [5.74, 6) is 0.244. The molecule has 0 atom stereocenters. The monoisotopic (exact) mass is 175 g/mol. The zero-order valence-corrected chi connectivity index (χ0v) is 7.49. The largest absolute Gasteiger partial charge is 0.490 e. The summed E-state index contributed by atoms with van der Waals surface area (Å²) in [7, 11) is 0. The van der Waals surface area contributed by atoms with Crippen molar-refractivity contribution in [2.75, 3.05) is 6.61 Å². The summed E-state index contributed by atoms with van der Waals surface area (Å²) < 4.78 is 5.03. The number of carbonyl (C=O) groups excluding carboxylic acids is 1. The van der Waals surface area contributed by atoms with Crippen molar-refractivity contribution in [2.45, 2.75) is 6.92 Å². The van der Waals surface area contributed by atoms with E-state index in [1.54, 1.807) is 12.4 Å². The zero-order valence-electron chi connectivity index (χ0n) is 7.49. The molecule has 67 valence electrons. The Morgan fingerprint density at radius 3 is 2.69 bits per heavy atom. The number of ether oxygens (including phenoxy) is 1. The minimum Gasteiger partial charge on any atom is -0.490 e. The van der Waals surface area contributed by atoms with Crippen LogP contribution in [0.5, 0.6) is 0 Å². The number of hydrogen-bond donors (Lipinski definition) is 0. The van der Waals surface area contributed by atoms with Crippen LogP contribution in [0.4, 0.5) is 0 Å². The van der Waals surface area contributed by atoms with Gasteiger partial charge >= 0.3 is 0 Å². The van der Waals surface area contributed by atoms with Gasteiger partial charge in [0.05, 0.1) is 6.61 Å². The first-order valence-electron chi connectivity index (χ1n) is 4.14. The molecule has 0 aliphatic rings. The van der Waals surface area contributed by atoms with E-state index >= 15 is 0 Å². The molecular weight excluding hydrogens is 164 g/mol. The summed E-state index contributed by atoms with van der Waals surface area (Å²) >= 11 is 0. The maximum atomic E-state index is 10.4. The van der Waals surface area contributed by atoms with Crippen molar-refractivity contribution in [1.82, 2.24) is 0 Å². The molecule has 0 aromatic heterocycles. The first-order chi connectivity index (χ1) is 6.36. The third-order valence-electron chi connectivity index (χ3n) is 1.50. The van der Waals surface area contributed by atoms with E-state index in [1.807, 2.05) is 37.3 Å². The van der Waals surface area contributed by atoms with E-state index in [4.69, 9.17) is 4.74 Å². The highest BCUT2D eigenvalue weighted by molar-refractivity contribution is 5.79. The summed E-state index contributed by atoms with van der Waals surface area (Å²) in [5.41, 5.74) is 0.939. The van der Waals surface area contributed by atoms with Crippen molar-refractivity contribution in [1.29, 1.82) is 0 Å². The summed E-state index contributed by atoms with van der Waals surface area (Å²) in [6, 6.07) is 9.52. The van der Waals surface area contributed by atoms with E-state index in [2.05, 4.69) is 0 Å². The van der Waals surface area contributed by atoms with Crippen LogP contribution in [0.3, 0.4) is 0 Å². The molecule has 1 aromatic rings. The molecule has 0 unspecified atom stereocenters. The highest BCUT2D eigenvalue weighted by Crippen LogP contribution is 2.05. The molecule has 0 amide bonds. The van der Waals surface area contributed by atoms with Gasteiger partial charge in [0.2, 0.25) is 0 Å². The molecule has 1 rings (SSSR count). The number of rotatable bonds is 4. The van der Waals surface area contributed by atoms with Crippen LogP contribution in [0, 0.1) is 0 Å². The van der Waals surface area contributed by atoms with Crippen molar-refractivity contribution in [2.24, 2.45) is 0 Å². The average molecular weight is 175 g/mol. The lowest BCUT2D eigenvalue weighted by atomic mass is 10.2. The number of allylic oxidation sites excluding steroid dienone is 1. The molecule has 0 saturated heterocycles. The quantitative estimate of drug-likeness (QED) is 0.518. The Bertz CT molecular complexity index is 288. The van der Waals surface area contributed by atoms with Gasteiger partial charge in [0.15, 0.2) is 5.76 Å². The molecule has 0 aliphatic heterocycles. The predicted molar refractivity (Wildman–Crippen MR) is 51.7 cm³/mol. The second-order valence-corrected chi connectivity index (χ2v) is 2.45. The van der Waals surface area contributed by atoms with E-state index in [0.29, 0.717) is 6.61 Å². The van der Waals surface area contributed by atoms with Crippen LogP contribution in [0.1, 0.15) is 12.5 Å². The Morgan fingerprint density at radius 1 is 1.46 bits per heavy atom. The lowest BCUT2D eigenvalue weighted by Crippen LogP contribution is -1.91. The van der Waals surface area contributed by atoms with Gasteiger partial charge in [0.25, 0.3) is 6.29 Å². The fourth-order valence-corrected chi connectivity index (χ4v) is 0.957. The molecule has 2 nitrogen and oxygen atoms in total. The van der Waals surface area contributed by atoms with Gasteiger partial charge in [0.1, 0.15) is 0 Å². The molecule has 1 aromatic carbocycles. The van der Waals surface area contributed by atoms with E-state index in [1.165, 1.54) is 0 Å². The van der Waals surface area contributed by atoms with Gasteiger partial charge in [-0.2, -0.15) is 0 Å². The van der Waals surface area contributed by atoms with Crippen LogP contribution in [0.25, 0.3) is 6.08 Å². The second-order valence-electron chi connectivity index (χ2n) is 2.45. The minimum atomic E-state index is 0.244. The standard InChI is InChI=1S/C11H11O2/c1-2-13-11(9-12)8-10-6-4-3-5-7-10/h3-8H,2H2,1H3. The summed E-state index contributed by atoms with van der Waals surface area (Å²) in [6.07, 6.45) is 3.40. The highest BCUT2D eigenvalue weighted by atomic mass is 16.5. The first-order valence-corrected chi connectivity index (χ1v) is 4.14. The van der Waals surface area contributed by atoms with Crippen LogP contribution in [-0.4, -0.2) is 12.9 Å². The topological polar surface area (TPSA) is 26.3 Å². The second kappa shape index (κ2) is 5.14. The smallest absolute Gasteiger partial charge is 0.271 e. The van der Waals surface area contributed by atoms with Crippen LogP contribution in [0.2, 0.25) is 0 Å². The van der Waals surface area contributed by atoms with E-state index in [-0.39, 0.29) is 5.76 Å². The molecule has 0 fully saturated rings. The molecule has 13 heavy (non-hydrogen) atoms. The van der Waals surface area contributed by atoms with Gasteiger partial charge in [-0.15, -0.1) is 0 Å². The molecule has 2 heteroatoms. The van der Waals surface area contributed by atoms with Gasteiger partial charge in [-0.05, 0) is 18.6 Å². The minimum absolute atomic E-state index is 0.244. The Balaban J connectivity index is 2.79. The Kier molecular flexibility index (Phi) is 3.76. The van der Waals surface area contributed by atoms with Crippen LogP contribution < -0.4 is 0 Å². The summed E-state index contributed by atoms with van der Waals surface area (Å²) in [4.78, 5) is 10.4. The number of hydrogen-bond acceptors (Lipinski definition) is 2. The van der Waals surface area contributed by atoms with Gasteiger partial charge < -0.3 is 4.74 Å². The third kappa shape index (κ3) is 3.11. The lowest BCUT2D eigenvalue weighted by molar-refractivity contribution is 0.250. The normalized spacial score (nSPS) is 11.0. The SMILES string of the molecule is CCOC([C]=O)=Cc1ccccc1. The van der Waals surface area contributed by atoms with Crippen molar-refractivity contribution < 1.29 is 9.53 Å². The van der Waals surface area contributed by atoms with Crippen molar-refractivity contribution in [3.8, 4) is 0 Å². The Hall–Kier alpha value is -1.57. The van der Waals surface area contributed by atoms with Crippen LogP contribution in [0.15, 0.2) is 36.1 Å². The maximum Gasteiger partial charge on any atom is 0.271 e. The Morgan fingerprint density at radius 2 is 2.15 bits per heavy atom. The molecule has 0 spiro atoms. The highest BCUT2D eigenvalue weighted by Gasteiger charge is 1.95.